The van der Waals surface area contributed by atoms with Crippen molar-refractivity contribution in [1.82, 2.24) is 15.6 Å². The molecule has 25 heavy (non-hydrogen) atoms. The highest BCUT2D eigenvalue weighted by atomic mass is 127. The summed E-state index contributed by atoms with van der Waals surface area (Å²) in [6, 6.07) is 10.4. The van der Waals surface area contributed by atoms with E-state index in [0.29, 0.717) is 12.4 Å². The fourth-order valence-electron chi connectivity index (χ4n) is 2.26. The molecule has 1 heterocycles. The van der Waals surface area contributed by atoms with E-state index in [0.717, 1.165) is 18.1 Å². The highest BCUT2D eigenvalue weighted by molar-refractivity contribution is 14.0. The zero-order valence-electron chi connectivity index (χ0n) is 15.0. The van der Waals surface area contributed by atoms with Gasteiger partial charge in [-0.3, -0.25) is 4.99 Å². The van der Waals surface area contributed by atoms with E-state index in [1.54, 1.807) is 32.1 Å². The first-order chi connectivity index (χ1) is 11.7. The van der Waals surface area contributed by atoms with Gasteiger partial charge in [-0.2, -0.15) is 0 Å². The molecule has 136 valence electrons. The fourth-order valence-corrected chi connectivity index (χ4v) is 2.96. The number of rotatable bonds is 6. The first-order valence-electron chi connectivity index (χ1n) is 7.73. The quantitative estimate of drug-likeness (QED) is 0.291. The number of aromatic nitrogens is 1. The molecule has 0 saturated heterocycles. The molecule has 0 aliphatic heterocycles. The maximum absolute atomic E-state index is 5.14. The summed E-state index contributed by atoms with van der Waals surface area (Å²) in [5.74, 6) is 1.37. The predicted octanol–water partition coefficient (Wildman–Crippen LogP) is 3.60. The van der Waals surface area contributed by atoms with Gasteiger partial charge in [0.25, 0.3) is 0 Å². The van der Waals surface area contributed by atoms with Crippen LogP contribution in [0.25, 0.3) is 0 Å². The summed E-state index contributed by atoms with van der Waals surface area (Å²) in [5.41, 5.74) is 3.63. The number of aliphatic imine (C=N–C) groups is 1. The molecule has 2 N–H and O–H groups in total. The SMILES string of the molecule is CN=C(NCc1ccnc(OC)c1)NCc1ccc(C)cc1SC.I. The highest BCUT2D eigenvalue weighted by Crippen LogP contribution is 2.21. The van der Waals surface area contributed by atoms with Crippen molar-refractivity contribution < 1.29 is 4.74 Å². The molecule has 0 fully saturated rings. The third-order valence-corrected chi connectivity index (χ3v) is 4.40. The average Bonchev–Trinajstić information content (AvgIpc) is 2.62. The fraction of sp³-hybridized carbons (Fsp3) is 0.333. The lowest BCUT2D eigenvalue weighted by Crippen LogP contribution is -2.36. The summed E-state index contributed by atoms with van der Waals surface area (Å²) in [4.78, 5) is 9.67. The lowest BCUT2D eigenvalue weighted by molar-refractivity contribution is 0.397. The summed E-state index contributed by atoms with van der Waals surface area (Å²) in [5, 5.41) is 6.66. The van der Waals surface area contributed by atoms with Gasteiger partial charge in [0.2, 0.25) is 5.88 Å². The van der Waals surface area contributed by atoms with E-state index in [1.165, 1.54) is 16.0 Å². The molecular formula is C18H25IN4OS. The number of aryl methyl sites for hydroxylation is 1. The van der Waals surface area contributed by atoms with Gasteiger partial charge >= 0.3 is 0 Å². The zero-order valence-corrected chi connectivity index (χ0v) is 18.1. The Morgan fingerprint density at radius 1 is 1.20 bits per heavy atom. The molecule has 1 aromatic heterocycles. The standard InChI is InChI=1S/C18H24N4OS.HI/c1-13-5-6-15(16(9-13)24-4)12-22-18(19-2)21-11-14-7-8-20-17(10-14)23-3;/h5-10H,11-12H2,1-4H3,(H2,19,21,22);1H. The highest BCUT2D eigenvalue weighted by Gasteiger charge is 2.04. The van der Waals surface area contributed by atoms with Crippen molar-refractivity contribution in [3.8, 4) is 5.88 Å². The first-order valence-corrected chi connectivity index (χ1v) is 8.95. The van der Waals surface area contributed by atoms with E-state index in [1.807, 2.05) is 12.1 Å². The van der Waals surface area contributed by atoms with E-state index >= 15 is 0 Å². The normalized spacial score (nSPS) is 10.8. The predicted molar refractivity (Wildman–Crippen MR) is 116 cm³/mol. The Morgan fingerprint density at radius 2 is 1.96 bits per heavy atom. The van der Waals surface area contributed by atoms with Gasteiger partial charge in [0, 0.05) is 37.3 Å². The molecule has 0 spiro atoms. The van der Waals surface area contributed by atoms with Crippen LogP contribution in [0.1, 0.15) is 16.7 Å². The number of ether oxygens (including phenoxy) is 1. The molecule has 0 radical (unpaired) electrons. The number of pyridine rings is 1. The van der Waals surface area contributed by atoms with Crippen LogP contribution < -0.4 is 15.4 Å². The molecular weight excluding hydrogens is 447 g/mol. The van der Waals surface area contributed by atoms with Crippen LogP contribution in [0, 0.1) is 6.92 Å². The third-order valence-electron chi connectivity index (χ3n) is 3.58. The molecule has 0 bridgehead atoms. The molecule has 0 saturated carbocycles. The van der Waals surface area contributed by atoms with E-state index in [-0.39, 0.29) is 24.0 Å². The van der Waals surface area contributed by atoms with Gasteiger partial charge < -0.3 is 15.4 Å². The average molecular weight is 472 g/mol. The van der Waals surface area contributed by atoms with E-state index in [9.17, 15) is 0 Å². The maximum atomic E-state index is 5.14. The molecule has 0 aliphatic carbocycles. The van der Waals surface area contributed by atoms with Gasteiger partial charge in [0.1, 0.15) is 0 Å². The Labute approximate surface area is 171 Å². The van der Waals surface area contributed by atoms with Gasteiger partial charge in [0.15, 0.2) is 5.96 Å². The second kappa shape index (κ2) is 11.2. The zero-order chi connectivity index (χ0) is 17.4. The monoisotopic (exact) mass is 472 g/mol. The number of thioether (sulfide) groups is 1. The van der Waals surface area contributed by atoms with Crippen LogP contribution in [0.5, 0.6) is 5.88 Å². The summed E-state index contributed by atoms with van der Waals surface area (Å²) in [6.45, 7) is 3.50. The minimum atomic E-state index is 0. The first kappa shape index (κ1) is 21.6. The second-order valence-corrected chi connectivity index (χ2v) is 6.15. The van der Waals surface area contributed by atoms with Crippen molar-refractivity contribution >= 4 is 41.7 Å². The minimum absolute atomic E-state index is 0. The molecule has 0 amide bonds. The number of halogens is 1. The van der Waals surface area contributed by atoms with Gasteiger partial charge in [-0.15, -0.1) is 35.7 Å². The minimum Gasteiger partial charge on any atom is -0.481 e. The van der Waals surface area contributed by atoms with Gasteiger partial charge in [-0.1, -0.05) is 12.1 Å². The molecule has 1 aromatic carbocycles. The van der Waals surface area contributed by atoms with Crippen LogP contribution in [-0.2, 0) is 13.1 Å². The van der Waals surface area contributed by atoms with Crippen LogP contribution in [0.15, 0.2) is 46.4 Å². The molecule has 5 nitrogen and oxygen atoms in total. The van der Waals surface area contributed by atoms with E-state index < -0.39 is 0 Å². The maximum Gasteiger partial charge on any atom is 0.213 e. The Balaban J connectivity index is 0.00000312. The van der Waals surface area contributed by atoms with Crippen molar-refractivity contribution in [2.24, 2.45) is 4.99 Å². The van der Waals surface area contributed by atoms with E-state index in [2.05, 4.69) is 52.0 Å². The van der Waals surface area contributed by atoms with Crippen LogP contribution in [0.3, 0.4) is 0 Å². The van der Waals surface area contributed by atoms with Crippen molar-refractivity contribution in [2.75, 3.05) is 20.4 Å². The second-order valence-electron chi connectivity index (χ2n) is 5.30. The van der Waals surface area contributed by atoms with Crippen LogP contribution in [-0.4, -0.2) is 31.4 Å². The van der Waals surface area contributed by atoms with Crippen molar-refractivity contribution in [3.05, 3.63) is 53.2 Å². The largest absolute Gasteiger partial charge is 0.481 e. The molecule has 0 atom stereocenters. The number of nitrogens with zero attached hydrogens (tertiary/aromatic N) is 2. The summed E-state index contributed by atoms with van der Waals surface area (Å²) < 4.78 is 5.14. The van der Waals surface area contributed by atoms with Gasteiger partial charge in [-0.25, -0.2) is 4.98 Å². The van der Waals surface area contributed by atoms with Crippen molar-refractivity contribution in [3.63, 3.8) is 0 Å². The summed E-state index contributed by atoms with van der Waals surface area (Å²) in [6.07, 6.45) is 3.84. The van der Waals surface area contributed by atoms with Crippen LogP contribution in [0.2, 0.25) is 0 Å². The number of hydrogen-bond acceptors (Lipinski definition) is 4. The topological polar surface area (TPSA) is 58.5 Å². The molecule has 7 heteroatoms. The summed E-state index contributed by atoms with van der Waals surface area (Å²) in [7, 11) is 3.39. The number of methoxy groups -OCH3 is 1. The molecule has 0 unspecified atom stereocenters. The number of benzene rings is 1. The van der Waals surface area contributed by atoms with Crippen molar-refractivity contribution in [2.45, 2.75) is 24.9 Å². The number of nitrogens with one attached hydrogen (secondary N) is 2. The Kier molecular flexibility index (Phi) is 9.66. The van der Waals surface area contributed by atoms with Crippen LogP contribution in [0.4, 0.5) is 0 Å². The molecule has 0 aliphatic rings. The lowest BCUT2D eigenvalue weighted by Gasteiger charge is -2.14. The lowest BCUT2D eigenvalue weighted by atomic mass is 10.1. The number of guanidine groups is 1. The molecule has 2 rings (SSSR count). The number of hydrogen-bond donors (Lipinski definition) is 2. The molecule has 2 aromatic rings. The smallest absolute Gasteiger partial charge is 0.213 e. The van der Waals surface area contributed by atoms with Gasteiger partial charge in [0.05, 0.1) is 7.11 Å². The Hall–Kier alpha value is -1.48. The van der Waals surface area contributed by atoms with E-state index in [4.69, 9.17) is 4.74 Å². The summed E-state index contributed by atoms with van der Waals surface area (Å²) >= 11 is 1.76. The van der Waals surface area contributed by atoms with Crippen molar-refractivity contribution in [1.29, 1.82) is 0 Å². The van der Waals surface area contributed by atoms with Gasteiger partial charge in [-0.05, 0) is 42.0 Å². The van der Waals surface area contributed by atoms with Crippen LogP contribution >= 0.6 is 35.7 Å². The Morgan fingerprint density at radius 3 is 2.64 bits per heavy atom. The Bertz CT molecular complexity index is 709. The third kappa shape index (κ3) is 6.74.